The summed E-state index contributed by atoms with van der Waals surface area (Å²) in [5, 5.41) is 0. The van der Waals surface area contributed by atoms with E-state index in [2.05, 4.69) is 0 Å². The zero-order valence-corrected chi connectivity index (χ0v) is 17.0. The van der Waals surface area contributed by atoms with E-state index in [-0.39, 0.29) is 12.7 Å². The maximum Gasteiger partial charge on any atom is 0.254 e. The van der Waals surface area contributed by atoms with Crippen LogP contribution in [-0.4, -0.2) is 31.8 Å². The molecule has 0 N–H and O–H groups in total. The van der Waals surface area contributed by atoms with E-state index in [0.29, 0.717) is 36.0 Å². The van der Waals surface area contributed by atoms with Crippen LogP contribution in [0.5, 0.6) is 23.0 Å². The predicted molar refractivity (Wildman–Crippen MR) is 112 cm³/mol. The van der Waals surface area contributed by atoms with Crippen LogP contribution in [0.4, 0.5) is 0 Å². The van der Waals surface area contributed by atoms with E-state index in [1.165, 1.54) is 0 Å². The average Bonchev–Trinajstić information content (AvgIpc) is 3.25. The second kappa shape index (κ2) is 8.78. The molecule has 0 aliphatic carbocycles. The van der Waals surface area contributed by atoms with Crippen LogP contribution in [0.2, 0.25) is 0 Å². The number of hydrogen-bond acceptors (Lipinski definition) is 5. The molecule has 4 rings (SSSR count). The van der Waals surface area contributed by atoms with Gasteiger partial charge in [-0.1, -0.05) is 36.4 Å². The van der Waals surface area contributed by atoms with Crippen LogP contribution in [-0.2, 0) is 13.2 Å². The van der Waals surface area contributed by atoms with Gasteiger partial charge in [0.05, 0.1) is 7.11 Å². The summed E-state index contributed by atoms with van der Waals surface area (Å²) < 4.78 is 22.1. The van der Waals surface area contributed by atoms with Crippen molar-refractivity contribution >= 4 is 5.91 Å². The lowest BCUT2D eigenvalue weighted by molar-refractivity contribution is 0.0784. The van der Waals surface area contributed by atoms with Crippen molar-refractivity contribution in [3.63, 3.8) is 0 Å². The fraction of sp³-hybridized carbons (Fsp3) is 0.208. The molecule has 1 aliphatic rings. The van der Waals surface area contributed by atoms with Gasteiger partial charge in [0, 0.05) is 19.2 Å². The molecule has 0 saturated carbocycles. The van der Waals surface area contributed by atoms with E-state index in [9.17, 15) is 4.79 Å². The second-order valence-corrected chi connectivity index (χ2v) is 6.99. The number of hydrogen-bond donors (Lipinski definition) is 0. The summed E-state index contributed by atoms with van der Waals surface area (Å²) in [6, 6.07) is 20.8. The number of fused-ring (bicyclic) bond motifs is 1. The van der Waals surface area contributed by atoms with E-state index < -0.39 is 0 Å². The Bertz CT molecular complexity index is 1040. The zero-order chi connectivity index (χ0) is 20.9. The number of carbonyl (C=O) groups excluding carboxylic acids is 1. The highest BCUT2D eigenvalue weighted by Gasteiger charge is 2.18. The lowest BCUT2D eigenvalue weighted by Gasteiger charge is -2.19. The van der Waals surface area contributed by atoms with E-state index in [0.717, 1.165) is 16.9 Å². The number of nitrogens with zero attached hydrogens (tertiary/aromatic N) is 1. The van der Waals surface area contributed by atoms with Crippen molar-refractivity contribution in [2.45, 2.75) is 13.2 Å². The Morgan fingerprint density at radius 3 is 2.53 bits per heavy atom. The number of benzene rings is 3. The molecular weight excluding hydrogens is 382 g/mol. The van der Waals surface area contributed by atoms with Crippen LogP contribution in [0.3, 0.4) is 0 Å². The summed E-state index contributed by atoms with van der Waals surface area (Å²) in [6.45, 7) is 1.10. The quantitative estimate of drug-likeness (QED) is 0.587. The van der Waals surface area contributed by atoms with Crippen LogP contribution < -0.4 is 18.9 Å². The maximum absolute atomic E-state index is 12.9. The minimum Gasteiger partial charge on any atom is -0.493 e. The van der Waals surface area contributed by atoms with Crippen molar-refractivity contribution in [2.24, 2.45) is 0 Å². The summed E-state index contributed by atoms with van der Waals surface area (Å²) in [6.07, 6.45) is 0. The summed E-state index contributed by atoms with van der Waals surface area (Å²) in [5.41, 5.74) is 2.55. The topological polar surface area (TPSA) is 57.2 Å². The van der Waals surface area contributed by atoms with Crippen molar-refractivity contribution in [3.8, 4) is 23.0 Å². The molecule has 0 atom stereocenters. The van der Waals surface area contributed by atoms with Gasteiger partial charge in [-0.15, -0.1) is 0 Å². The first kappa shape index (κ1) is 19.6. The van der Waals surface area contributed by atoms with Crippen molar-refractivity contribution < 1.29 is 23.7 Å². The molecule has 0 unspecified atom stereocenters. The first-order valence-corrected chi connectivity index (χ1v) is 9.63. The van der Waals surface area contributed by atoms with Gasteiger partial charge in [-0.2, -0.15) is 0 Å². The third kappa shape index (κ3) is 4.33. The molecular formula is C24H23NO5. The highest BCUT2D eigenvalue weighted by atomic mass is 16.7. The Balaban J connectivity index is 1.44. The van der Waals surface area contributed by atoms with Gasteiger partial charge in [0.15, 0.2) is 23.0 Å². The fourth-order valence-electron chi connectivity index (χ4n) is 3.26. The van der Waals surface area contributed by atoms with E-state index in [1.807, 2.05) is 48.5 Å². The van der Waals surface area contributed by atoms with E-state index in [4.69, 9.17) is 18.9 Å². The molecule has 30 heavy (non-hydrogen) atoms. The molecule has 3 aromatic carbocycles. The van der Waals surface area contributed by atoms with Gasteiger partial charge in [-0.3, -0.25) is 4.79 Å². The van der Waals surface area contributed by atoms with E-state index >= 15 is 0 Å². The Morgan fingerprint density at radius 2 is 1.73 bits per heavy atom. The van der Waals surface area contributed by atoms with Gasteiger partial charge in [0.1, 0.15) is 6.61 Å². The number of ether oxygens (including phenoxy) is 4. The largest absolute Gasteiger partial charge is 0.493 e. The monoisotopic (exact) mass is 405 g/mol. The Morgan fingerprint density at radius 1 is 0.933 bits per heavy atom. The lowest BCUT2D eigenvalue weighted by Crippen LogP contribution is -2.26. The number of methoxy groups -OCH3 is 1. The molecule has 6 heteroatoms. The molecule has 1 amide bonds. The standard InChI is InChI=1S/C24H23NO5/c1-25(14-18-8-10-21-23(12-18)30-16-29-21)24(26)19-9-11-20(22(13-19)27-2)28-15-17-6-4-3-5-7-17/h3-13H,14-16H2,1-2H3. The van der Waals surface area contributed by atoms with Crippen molar-refractivity contribution in [1.82, 2.24) is 4.90 Å². The minimum atomic E-state index is -0.111. The first-order chi connectivity index (χ1) is 14.6. The molecule has 3 aromatic rings. The van der Waals surface area contributed by atoms with Gasteiger partial charge in [0.2, 0.25) is 6.79 Å². The third-order valence-electron chi connectivity index (χ3n) is 4.85. The second-order valence-electron chi connectivity index (χ2n) is 6.99. The van der Waals surface area contributed by atoms with Gasteiger partial charge in [0.25, 0.3) is 5.91 Å². The molecule has 0 radical (unpaired) electrons. The third-order valence-corrected chi connectivity index (χ3v) is 4.85. The van der Waals surface area contributed by atoms with Gasteiger partial charge in [-0.25, -0.2) is 0 Å². The summed E-state index contributed by atoms with van der Waals surface area (Å²) in [5.74, 6) is 2.43. The van der Waals surface area contributed by atoms with Crippen molar-refractivity contribution in [2.75, 3.05) is 21.0 Å². The molecule has 1 heterocycles. The summed E-state index contributed by atoms with van der Waals surface area (Å²) >= 11 is 0. The Kier molecular flexibility index (Phi) is 5.75. The van der Waals surface area contributed by atoms with Crippen LogP contribution in [0.15, 0.2) is 66.7 Å². The molecule has 0 spiro atoms. The molecule has 0 bridgehead atoms. The summed E-state index contributed by atoms with van der Waals surface area (Å²) in [4.78, 5) is 14.6. The summed E-state index contributed by atoms with van der Waals surface area (Å²) in [7, 11) is 3.33. The van der Waals surface area contributed by atoms with Crippen molar-refractivity contribution in [3.05, 3.63) is 83.4 Å². The normalized spacial score (nSPS) is 11.8. The fourth-order valence-corrected chi connectivity index (χ4v) is 3.26. The van der Waals surface area contributed by atoms with Gasteiger partial charge < -0.3 is 23.8 Å². The minimum absolute atomic E-state index is 0.111. The average molecular weight is 405 g/mol. The maximum atomic E-state index is 12.9. The number of rotatable bonds is 7. The van der Waals surface area contributed by atoms with Crippen molar-refractivity contribution in [1.29, 1.82) is 0 Å². The highest BCUT2D eigenvalue weighted by molar-refractivity contribution is 5.94. The molecule has 0 aromatic heterocycles. The van der Waals surface area contributed by atoms with Crippen LogP contribution >= 0.6 is 0 Å². The molecule has 0 fully saturated rings. The van der Waals surface area contributed by atoms with Gasteiger partial charge in [-0.05, 0) is 41.5 Å². The SMILES string of the molecule is COc1cc(C(=O)N(C)Cc2ccc3c(c2)OCO3)ccc1OCc1ccccc1. The van der Waals surface area contributed by atoms with Crippen LogP contribution in [0.25, 0.3) is 0 Å². The zero-order valence-electron chi connectivity index (χ0n) is 17.0. The first-order valence-electron chi connectivity index (χ1n) is 9.63. The highest BCUT2D eigenvalue weighted by Crippen LogP contribution is 2.33. The van der Waals surface area contributed by atoms with Gasteiger partial charge >= 0.3 is 0 Å². The predicted octanol–water partition coefficient (Wildman–Crippen LogP) is 4.28. The van der Waals surface area contributed by atoms with Crippen LogP contribution in [0.1, 0.15) is 21.5 Å². The molecule has 0 saturated heterocycles. The smallest absolute Gasteiger partial charge is 0.254 e. The Labute approximate surface area is 175 Å². The molecule has 6 nitrogen and oxygen atoms in total. The lowest BCUT2D eigenvalue weighted by atomic mass is 10.1. The molecule has 154 valence electrons. The van der Waals surface area contributed by atoms with E-state index in [1.54, 1.807) is 37.3 Å². The van der Waals surface area contributed by atoms with Crippen LogP contribution in [0, 0.1) is 0 Å². The molecule has 1 aliphatic heterocycles. The number of carbonyl (C=O) groups is 1. The number of amides is 1. The Hall–Kier alpha value is -3.67.